The molecule has 1 unspecified atom stereocenters. The molecule has 3 aromatic rings. The standard InChI is InChI=1S/C21H24N4O/c1-16-15-20-22-13-12-19(25(20)23-16)18-9-5-6-14-24(18)21(26)11-10-17-7-3-2-4-8-17/h2-4,7-8,12-13,15,18H,5-6,9-11,14H2,1H3. The predicted molar refractivity (Wildman–Crippen MR) is 101 cm³/mol. The van der Waals surface area contributed by atoms with Crippen LogP contribution < -0.4 is 0 Å². The normalized spacial score (nSPS) is 17.6. The molecule has 2 aromatic heterocycles. The van der Waals surface area contributed by atoms with Crippen LogP contribution in [0.5, 0.6) is 0 Å². The highest BCUT2D eigenvalue weighted by Crippen LogP contribution is 2.31. The van der Waals surface area contributed by atoms with E-state index in [2.05, 4.69) is 27.1 Å². The molecule has 5 heteroatoms. The van der Waals surface area contributed by atoms with Gasteiger partial charge >= 0.3 is 0 Å². The minimum absolute atomic E-state index is 0.0804. The van der Waals surface area contributed by atoms with Gasteiger partial charge in [0, 0.05) is 25.2 Å². The van der Waals surface area contributed by atoms with Crippen LogP contribution in [0, 0.1) is 6.92 Å². The van der Waals surface area contributed by atoms with Crippen LogP contribution in [0.4, 0.5) is 0 Å². The van der Waals surface area contributed by atoms with Crippen molar-refractivity contribution in [3.8, 4) is 0 Å². The molecule has 1 saturated heterocycles. The Balaban J connectivity index is 1.57. The van der Waals surface area contributed by atoms with E-state index in [0.29, 0.717) is 6.42 Å². The molecule has 1 aromatic carbocycles. The molecule has 4 rings (SSSR count). The first-order chi connectivity index (χ1) is 12.7. The number of benzene rings is 1. The Morgan fingerprint density at radius 3 is 2.88 bits per heavy atom. The molecule has 0 bridgehead atoms. The fourth-order valence-electron chi connectivity index (χ4n) is 3.86. The Labute approximate surface area is 153 Å². The van der Waals surface area contributed by atoms with Gasteiger partial charge in [0.2, 0.25) is 5.91 Å². The minimum atomic E-state index is 0.0804. The van der Waals surface area contributed by atoms with Gasteiger partial charge in [-0.2, -0.15) is 5.10 Å². The number of aromatic nitrogens is 3. The Kier molecular flexibility index (Phi) is 4.69. The molecule has 134 valence electrons. The zero-order chi connectivity index (χ0) is 17.9. The smallest absolute Gasteiger partial charge is 0.223 e. The molecule has 3 heterocycles. The number of piperidine rings is 1. The topological polar surface area (TPSA) is 50.5 Å². The number of nitrogens with zero attached hydrogens (tertiary/aromatic N) is 4. The number of aryl methyl sites for hydroxylation is 2. The number of hydrogen-bond acceptors (Lipinski definition) is 3. The molecule has 1 aliphatic rings. The molecule has 0 saturated carbocycles. The second-order valence-electron chi connectivity index (χ2n) is 7.01. The summed E-state index contributed by atoms with van der Waals surface area (Å²) < 4.78 is 1.91. The zero-order valence-electron chi connectivity index (χ0n) is 15.1. The monoisotopic (exact) mass is 348 g/mol. The van der Waals surface area contributed by atoms with Crippen molar-refractivity contribution in [1.29, 1.82) is 0 Å². The van der Waals surface area contributed by atoms with Gasteiger partial charge in [0.05, 0.1) is 17.4 Å². The quantitative estimate of drug-likeness (QED) is 0.722. The second-order valence-corrected chi connectivity index (χ2v) is 7.01. The lowest BCUT2D eigenvalue weighted by Crippen LogP contribution is -2.39. The SMILES string of the molecule is Cc1cc2nccc(C3CCCCN3C(=O)CCc3ccccc3)n2n1. The van der Waals surface area contributed by atoms with E-state index in [9.17, 15) is 4.79 Å². The number of carbonyl (C=O) groups is 1. The molecule has 1 fully saturated rings. The molecule has 5 nitrogen and oxygen atoms in total. The summed E-state index contributed by atoms with van der Waals surface area (Å²) in [4.78, 5) is 19.4. The van der Waals surface area contributed by atoms with Crippen LogP contribution in [0.3, 0.4) is 0 Å². The average Bonchev–Trinajstić information content (AvgIpc) is 3.07. The zero-order valence-corrected chi connectivity index (χ0v) is 15.1. The maximum atomic E-state index is 13.0. The summed E-state index contributed by atoms with van der Waals surface area (Å²) in [6.45, 7) is 2.80. The predicted octanol–water partition coefficient (Wildman–Crippen LogP) is 3.72. The Morgan fingerprint density at radius 2 is 2.04 bits per heavy atom. The van der Waals surface area contributed by atoms with Gasteiger partial charge in [-0.1, -0.05) is 30.3 Å². The number of carbonyl (C=O) groups excluding carboxylic acids is 1. The summed E-state index contributed by atoms with van der Waals surface area (Å²) >= 11 is 0. The summed E-state index contributed by atoms with van der Waals surface area (Å²) in [5, 5.41) is 4.59. The molecule has 0 radical (unpaired) electrons. The van der Waals surface area contributed by atoms with E-state index in [0.717, 1.165) is 49.3 Å². The number of fused-ring (bicyclic) bond motifs is 1. The van der Waals surface area contributed by atoms with Crippen molar-refractivity contribution in [2.45, 2.75) is 45.1 Å². The molecular formula is C21H24N4O. The first-order valence-electron chi connectivity index (χ1n) is 9.37. The fraction of sp³-hybridized carbons (Fsp3) is 0.381. The maximum Gasteiger partial charge on any atom is 0.223 e. The van der Waals surface area contributed by atoms with E-state index in [1.165, 1.54) is 5.56 Å². The van der Waals surface area contributed by atoms with E-state index in [-0.39, 0.29) is 11.9 Å². The fourth-order valence-corrected chi connectivity index (χ4v) is 3.86. The van der Waals surface area contributed by atoms with Crippen LogP contribution in [0.1, 0.15) is 48.7 Å². The van der Waals surface area contributed by atoms with Gasteiger partial charge in [-0.3, -0.25) is 4.79 Å². The van der Waals surface area contributed by atoms with E-state index in [4.69, 9.17) is 0 Å². The van der Waals surface area contributed by atoms with Crippen molar-refractivity contribution < 1.29 is 4.79 Å². The Bertz CT molecular complexity index is 903. The first-order valence-corrected chi connectivity index (χ1v) is 9.37. The highest BCUT2D eigenvalue weighted by atomic mass is 16.2. The molecule has 0 N–H and O–H groups in total. The summed E-state index contributed by atoms with van der Waals surface area (Å²) in [5.74, 6) is 0.229. The van der Waals surface area contributed by atoms with Crippen molar-refractivity contribution in [3.63, 3.8) is 0 Å². The highest BCUT2D eigenvalue weighted by Gasteiger charge is 2.29. The third-order valence-electron chi connectivity index (χ3n) is 5.14. The van der Waals surface area contributed by atoms with Crippen LogP contribution in [-0.4, -0.2) is 31.9 Å². The van der Waals surface area contributed by atoms with Crippen molar-refractivity contribution >= 4 is 11.6 Å². The lowest BCUT2D eigenvalue weighted by atomic mass is 9.98. The van der Waals surface area contributed by atoms with E-state index in [1.54, 1.807) is 0 Å². The van der Waals surface area contributed by atoms with Gasteiger partial charge in [-0.05, 0) is 44.2 Å². The molecule has 1 amide bonds. The van der Waals surface area contributed by atoms with Crippen LogP contribution in [0.15, 0.2) is 48.7 Å². The average molecular weight is 348 g/mol. The maximum absolute atomic E-state index is 13.0. The summed E-state index contributed by atoms with van der Waals surface area (Å²) in [6.07, 6.45) is 6.35. The number of amides is 1. The third kappa shape index (κ3) is 3.34. The van der Waals surface area contributed by atoms with Gasteiger partial charge in [0.25, 0.3) is 0 Å². The molecule has 1 aliphatic heterocycles. The van der Waals surface area contributed by atoms with E-state index < -0.39 is 0 Å². The molecular weight excluding hydrogens is 324 g/mol. The highest BCUT2D eigenvalue weighted by molar-refractivity contribution is 5.77. The van der Waals surface area contributed by atoms with Crippen LogP contribution in [-0.2, 0) is 11.2 Å². The minimum Gasteiger partial charge on any atom is -0.334 e. The number of rotatable bonds is 4. The van der Waals surface area contributed by atoms with Crippen LogP contribution in [0.25, 0.3) is 5.65 Å². The van der Waals surface area contributed by atoms with E-state index in [1.807, 2.05) is 48.0 Å². The largest absolute Gasteiger partial charge is 0.334 e. The Morgan fingerprint density at radius 1 is 1.19 bits per heavy atom. The van der Waals surface area contributed by atoms with Gasteiger partial charge in [-0.15, -0.1) is 0 Å². The number of likely N-dealkylation sites (tertiary alicyclic amines) is 1. The molecule has 26 heavy (non-hydrogen) atoms. The summed E-state index contributed by atoms with van der Waals surface area (Å²) in [7, 11) is 0. The Hall–Kier alpha value is -2.69. The van der Waals surface area contributed by atoms with E-state index >= 15 is 0 Å². The lowest BCUT2D eigenvalue weighted by molar-refractivity contribution is -0.135. The molecule has 0 aliphatic carbocycles. The van der Waals surface area contributed by atoms with Crippen molar-refractivity contribution in [1.82, 2.24) is 19.5 Å². The van der Waals surface area contributed by atoms with Gasteiger partial charge in [0.15, 0.2) is 5.65 Å². The second kappa shape index (κ2) is 7.28. The summed E-state index contributed by atoms with van der Waals surface area (Å²) in [6, 6.07) is 14.3. The van der Waals surface area contributed by atoms with Crippen molar-refractivity contribution in [2.75, 3.05) is 6.54 Å². The van der Waals surface area contributed by atoms with Gasteiger partial charge in [0.1, 0.15) is 0 Å². The van der Waals surface area contributed by atoms with Crippen LogP contribution in [0.2, 0.25) is 0 Å². The lowest BCUT2D eigenvalue weighted by Gasteiger charge is -2.36. The molecule has 1 atom stereocenters. The van der Waals surface area contributed by atoms with Gasteiger partial charge in [-0.25, -0.2) is 9.50 Å². The molecule has 0 spiro atoms. The van der Waals surface area contributed by atoms with Crippen LogP contribution >= 0.6 is 0 Å². The first kappa shape index (κ1) is 16.8. The summed E-state index contributed by atoms with van der Waals surface area (Å²) in [5.41, 5.74) is 4.07. The third-order valence-corrected chi connectivity index (χ3v) is 5.14. The van der Waals surface area contributed by atoms with Gasteiger partial charge < -0.3 is 4.90 Å². The number of hydrogen-bond donors (Lipinski definition) is 0. The van der Waals surface area contributed by atoms with Crippen molar-refractivity contribution in [2.24, 2.45) is 0 Å². The van der Waals surface area contributed by atoms with Crippen molar-refractivity contribution in [3.05, 3.63) is 65.6 Å².